The van der Waals surface area contributed by atoms with Crippen molar-refractivity contribution in [2.24, 2.45) is 5.92 Å². The average Bonchev–Trinajstić information content (AvgIpc) is 2.96. The molecule has 8 nitrogen and oxygen atoms in total. The van der Waals surface area contributed by atoms with Crippen molar-refractivity contribution in [3.05, 3.63) is 96.1 Å². The van der Waals surface area contributed by atoms with Gasteiger partial charge >= 0.3 is 5.97 Å². The number of piperidine rings is 1. The summed E-state index contributed by atoms with van der Waals surface area (Å²) in [5.41, 5.74) is 1.96. The van der Waals surface area contributed by atoms with Crippen LogP contribution in [0.5, 0.6) is 5.75 Å². The first-order valence-corrected chi connectivity index (χ1v) is 14.0. The number of nitrogens with zero attached hydrogens (tertiary/aromatic N) is 2. The molecule has 0 aromatic heterocycles. The van der Waals surface area contributed by atoms with Crippen LogP contribution in [0.2, 0.25) is 0 Å². The zero-order valence-electron chi connectivity index (χ0n) is 21.4. The summed E-state index contributed by atoms with van der Waals surface area (Å²) >= 11 is 0. The monoisotopic (exact) mass is 536 g/mol. The molecule has 0 atom stereocenters. The lowest BCUT2D eigenvalue weighted by Crippen LogP contribution is -2.41. The highest BCUT2D eigenvalue weighted by Gasteiger charge is 2.33. The number of esters is 1. The van der Waals surface area contributed by atoms with E-state index in [2.05, 4.69) is 0 Å². The number of methoxy groups -OCH3 is 1. The van der Waals surface area contributed by atoms with E-state index in [1.54, 1.807) is 17.0 Å². The van der Waals surface area contributed by atoms with Crippen molar-refractivity contribution >= 4 is 21.9 Å². The Kier molecular flexibility index (Phi) is 9.15. The van der Waals surface area contributed by atoms with E-state index in [9.17, 15) is 18.0 Å². The summed E-state index contributed by atoms with van der Waals surface area (Å²) in [6, 6.07) is 25.5. The second kappa shape index (κ2) is 12.7. The van der Waals surface area contributed by atoms with E-state index in [0.717, 1.165) is 11.1 Å². The summed E-state index contributed by atoms with van der Waals surface area (Å²) in [4.78, 5) is 27.7. The molecule has 3 aromatic carbocycles. The van der Waals surface area contributed by atoms with Crippen molar-refractivity contribution < 1.29 is 27.5 Å². The first kappa shape index (κ1) is 27.3. The fraction of sp³-hybridized carbons (Fsp3) is 0.310. The normalized spacial score (nSPS) is 14.6. The highest BCUT2D eigenvalue weighted by Crippen LogP contribution is 2.26. The van der Waals surface area contributed by atoms with Gasteiger partial charge in [0.05, 0.1) is 17.9 Å². The number of carbonyl (C=O) groups excluding carboxylic acids is 2. The van der Waals surface area contributed by atoms with Crippen molar-refractivity contribution in [2.75, 3.05) is 26.8 Å². The summed E-state index contributed by atoms with van der Waals surface area (Å²) in [7, 11) is -2.15. The van der Waals surface area contributed by atoms with Crippen molar-refractivity contribution in [2.45, 2.75) is 30.8 Å². The molecule has 0 radical (unpaired) electrons. The molecule has 0 N–H and O–H groups in total. The van der Waals surface area contributed by atoms with Gasteiger partial charge in [0, 0.05) is 26.2 Å². The standard InChI is InChI=1S/C29H32N2O6S/c1-36-26-12-14-27(15-13-26)38(34,35)31-18-16-25(17-19-31)29(33)37-22-28(32)30(20-23-8-4-2-5-9-23)21-24-10-6-3-7-11-24/h2-15,25H,16-22H2,1H3. The zero-order valence-corrected chi connectivity index (χ0v) is 22.2. The smallest absolute Gasteiger partial charge is 0.309 e. The molecular formula is C29H32N2O6S. The number of amides is 1. The highest BCUT2D eigenvalue weighted by molar-refractivity contribution is 7.89. The number of hydrogen-bond acceptors (Lipinski definition) is 6. The number of hydrogen-bond donors (Lipinski definition) is 0. The van der Waals surface area contributed by atoms with Crippen LogP contribution >= 0.6 is 0 Å². The van der Waals surface area contributed by atoms with E-state index < -0.39 is 21.9 Å². The molecule has 1 fully saturated rings. The second-order valence-electron chi connectivity index (χ2n) is 9.18. The minimum atomic E-state index is -3.67. The molecule has 1 heterocycles. The lowest BCUT2D eigenvalue weighted by Gasteiger charge is -2.30. The summed E-state index contributed by atoms with van der Waals surface area (Å²) in [6.07, 6.45) is 0.667. The van der Waals surface area contributed by atoms with Gasteiger partial charge in [-0.25, -0.2) is 8.42 Å². The molecule has 1 saturated heterocycles. The molecule has 38 heavy (non-hydrogen) atoms. The van der Waals surface area contributed by atoms with E-state index in [0.29, 0.717) is 31.7 Å². The maximum absolute atomic E-state index is 13.1. The lowest BCUT2D eigenvalue weighted by molar-refractivity contribution is -0.157. The Morgan fingerprint density at radius 3 is 1.87 bits per heavy atom. The van der Waals surface area contributed by atoms with E-state index in [1.807, 2.05) is 60.7 Å². The Labute approximate surface area is 223 Å². The predicted octanol–water partition coefficient (Wildman–Crippen LogP) is 3.87. The topological polar surface area (TPSA) is 93.2 Å². The van der Waals surface area contributed by atoms with Crippen molar-refractivity contribution in [1.29, 1.82) is 0 Å². The third-order valence-electron chi connectivity index (χ3n) is 6.61. The summed E-state index contributed by atoms with van der Waals surface area (Å²) in [5, 5.41) is 0. The largest absolute Gasteiger partial charge is 0.497 e. The minimum Gasteiger partial charge on any atom is -0.497 e. The molecule has 200 valence electrons. The van der Waals surface area contributed by atoms with Crippen LogP contribution in [0.15, 0.2) is 89.8 Å². The van der Waals surface area contributed by atoms with Crippen LogP contribution < -0.4 is 4.74 Å². The zero-order chi connectivity index (χ0) is 27.0. The molecule has 0 aliphatic carbocycles. The first-order chi connectivity index (χ1) is 18.4. The van der Waals surface area contributed by atoms with Crippen molar-refractivity contribution in [3.8, 4) is 5.75 Å². The molecule has 1 aliphatic heterocycles. The summed E-state index contributed by atoms with van der Waals surface area (Å²) in [5.74, 6) is -0.641. The Morgan fingerprint density at radius 2 is 1.37 bits per heavy atom. The van der Waals surface area contributed by atoms with Gasteiger partial charge < -0.3 is 14.4 Å². The predicted molar refractivity (Wildman–Crippen MR) is 143 cm³/mol. The van der Waals surface area contributed by atoms with E-state index in [1.165, 1.54) is 23.5 Å². The third kappa shape index (κ3) is 6.99. The first-order valence-electron chi connectivity index (χ1n) is 12.5. The SMILES string of the molecule is COc1ccc(S(=O)(=O)N2CCC(C(=O)OCC(=O)N(Cc3ccccc3)Cc3ccccc3)CC2)cc1. The van der Waals surface area contributed by atoms with E-state index >= 15 is 0 Å². The maximum atomic E-state index is 13.1. The fourth-order valence-electron chi connectivity index (χ4n) is 4.41. The number of ether oxygens (including phenoxy) is 2. The molecule has 0 bridgehead atoms. The number of sulfonamides is 1. The van der Waals surface area contributed by atoms with Gasteiger partial charge in [0.1, 0.15) is 5.75 Å². The maximum Gasteiger partial charge on any atom is 0.309 e. The van der Waals surface area contributed by atoms with Crippen molar-refractivity contribution in [1.82, 2.24) is 9.21 Å². The Balaban J connectivity index is 1.31. The second-order valence-corrected chi connectivity index (χ2v) is 11.1. The van der Waals surface area contributed by atoms with Gasteiger partial charge in [0.2, 0.25) is 10.0 Å². The third-order valence-corrected chi connectivity index (χ3v) is 8.52. The quantitative estimate of drug-likeness (QED) is 0.365. The number of rotatable bonds is 10. The molecule has 0 saturated carbocycles. The molecule has 0 unspecified atom stereocenters. The van der Waals surface area contributed by atoms with Gasteiger partial charge in [-0.05, 0) is 48.2 Å². The molecule has 1 amide bonds. The van der Waals surface area contributed by atoms with Crippen LogP contribution in [0.4, 0.5) is 0 Å². The molecule has 0 spiro atoms. The molecule has 1 aliphatic rings. The van der Waals surface area contributed by atoms with Crippen LogP contribution in [0.25, 0.3) is 0 Å². The van der Waals surface area contributed by atoms with Crippen molar-refractivity contribution in [3.63, 3.8) is 0 Å². The molecule has 3 aromatic rings. The Hall–Kier alpha value is -3.69. The number of carbonyl (C=O) groups is 2. The van der Waals surface area contributed by atoms with Crippen LogP contribution in [-0.2, 0) is 37.4 Å². The van der Waals surface area contributed by atoms with Gasteiger partial charge in [-0.2, -0.15) is 4.31 Å². The van der Waals surface area contributed by atoms with Crippen LogP contribution in [-0.4, -0.2) is 56.3 Å². The Morgan fingerprint density at radius 1 is 0.842 bits per heavy atom. The van der Waals surface area contributed by atoms with Gasteiger partial charge in [0.25, 0.3) is 5.91 Å². The van der Waals surface area contributed by atoms with Gasteiger partial charge in [-0.3, -0.25) is 9.59 Å². The molecule has 9 heteroatoms. The summed E-state index contributed by atoms with van der Waals surface area (Å²) in [6.45, 7) is 0.844. The average molecular weight is 537 g/mol. The fourth-order valence-corrected chi connectivity index (χ4v) is 5.88. The van der Waals surface area contributed by atoms with Gasteiger partial charge in [0.15, 0.2) is 6.61 Å². The molecular weight excluding hydrogens is 504 g/mol. The van der Waals surface area contributed by atoms with E-state index in [-0.39, 0.29) is 30.5 Å². The highest BCUT2D eigenvalue weighted by atomic mass is 32.2. The van der Waals surface area contributed by atoms with Gasteiger partial charge in [-0.1, -0.05) is 60.7 Å². The minimum absolute atomic E-state index is 0.182. The van der Waals surface area contributed by atoms with Crippen LogP contribution in [0.3, 0.4) is 0 Å². The van der Waals surface area contributed by atoms with Crippen LogP contribution in [0.1, 0.15) is 24.0 Å². The summed E-state index contributed by atoms with van der Waals surface area (Å²) < 4.78 is 37.8. The Bertz CT molecular complexity index is 1260. The number of benzene rings is 3. The van der Waals surface area contributed by atoms with Gasteiger partial charge in [-0.15, -0.1) is 0 Å². The molecule has 4 rings (SSSR count). The lowest BCUT2D eigenvalue weighted by atomic mass is 9.98. The van der Waals surface area contributed by atoms with E-state index in [4.69, 9.17) is 9.47 Å². The van der Waals surface area contributed by atoms with Crippen LogP contribution in [0, 0.1) is 5.92 Å².